The van der Waals surface area contributed by atoms with Crippen LogP contribution in [0.4, 0.5) is 0 Å². The molecule has 0 aliphatic heterocycles. The van der Waals surface area contributed by atoms with E-state index in [9.17, 15) is 9.90 Å². The predicted octanol–water partition coefficient (Wildman–Crippen LogP) is 0.574. The highest BCUT2D eigenvalue weighted by Crippen LogP contribution is 2.18. The number of hydrogen-bond acceptors (Lipinski definition) is 4. The summed E-state index contributed by atoms with van der Waals surface area (Å²) in [4.78, 5) is 16.1. The Morgan fingerprint density at radius 2 is 2.39 bits per heavy atom. The van der Waals surface area contributed by atoms with Gasteiger partial charge in [-0.15, -0.1) is 0 Å². The summed E-state index contributed by atoms with van der Waals surface area (Å²) in [6.45, 7) is 0.323. The minimum Gasteiger partial charge on any atom is -0.393 e. The molecule has 2 rings (SSSR count). The number of hydrogen-bond donors (Lipinski definition) is 3. The summed E-state index contributed by atoms with van der Waals surface area (Å²) in [6, 6.07) is 3.44. The fourth-order valence-corrected chi connectivity index (χ4v) is 2.29. The highest BCUT2D eigenvalue weighted by atomic mass is 16.3. The Balaban J connectivity index is 1.98. The molecule has 1 heterocycles. The molecule has 1 aromatic rings. The second-order valence-electron chi connectivity index (χ2n) is 4.73. The Kier molecular flexibility index (Phi) is 4.28. The first-order chi connectivity index (χ1) is 8.69. The minimum atomic E-state index is -0.291. The van der Waals surface area contributed by atoms with Crippen molar-refractivity contribution in [2.75, 3.05) is 0 Å². The maximum absolute atomic E-state index is 12.0. The molecule has 0 bridgehead atoms. The van der Waals surface area contributed by atoms with E-state index in [-0.39, 0.29) is 18.1 Å². The van der Waals surface area contributed by atoms with Crippen molar-refractivity contribution in [1.82, 2.24) is 10.3 Å². The molecule has 5 nitrogen and oxygen atoms in total. The number of carbonyl (C=O) groups excluding carboxylic acids is 1. The van der Waals surface area contributed by atoms with E-state index in [2.05, 4.69) is 10.3 Å². The molecule has 0 aromatic carbocycles. The summed E-state index contributed by atoms with van der Waals surface area (Å²) in [5, 5.41) is 12.5. The molecule has 1 amide bonds. The topological polar surface area (TPSA) is 88.2 Å². The summed E-state index contributed by atoms with van der Waals surface area (Å²) in [6.07, 6.45) is 4.65. The number of pyridine rings is 1. The van der Waals surface area contributed by atoms with Crippen molar-refractivity contribution in [2.24, 2.45) is 5.73 Å². The van der Waals surface area contributed by atoms with Crippen molar-refractivity contribution in [3.63, 3.8) is 0 Å². The first-order valence-corrected chi connectivity index (χ1v) is 6.33. The monoisotopic (exact) mass is 249 g/mol. The van der Waals surface area contributed by atoms with Crippen LogP contribution in [0.2, 0.25) is 0 Å². The third kappa shape index (κ3) is 3.27. The number of nitrogens with two attached hydrogens (primary N) is 1. The third-order valence-electron chi connectivity index (χ3n) is 3.27. The van der Waals surface area contributed by atoms with Crippen LogP contribution in [0.3, 0.4) is 0 Å². The van der Waals surface area contributed by atoms with Gasteiger partial charge in [0.2, 0.25) is 0 Å². The van der Waals surface area contributed by atoms with Gasteiger partial charge in [0.05, 0.1) is 11.8 Å². The highest BCUT2D eigenvalue weighted by Gasteiger charge is 2.22. The van der Waals surface area contributed by atoms with Gasteiger partial charge in [0.25, 0.3) is 5.91 Å². The van der Waals surface area contributed by atoms with Gasteiger partial charge in [-0.3, -0.25) is 9.78 Å². The van der Waals surface area contributed by atoms with E-state index in [1.54, 1.807) is 18.3 Å². The van der Waals surface area contributed by atoms with Crippen LogP contribution in [0, 0.1) is 0 Å². The fourth-order valence-electron chi connectivity index (χ4n) is 2.29. The van der Waals surface area contributed by atoms with E-state index in [0.29, 0.717) is 24.2 Å². The number of aromatic nitrogens is 1. The molecule has 5 heteroatoms. The Morgan fingerprint density at radius 3 is 3.11 bits per heavy atom. The standard InChI is InChI=1S/C13H19N3O2/c14-8-11-6-9(4-5-15-11)13(18)16-10-2-1-3-12(17)7-10/h4-6,10,12,17H,1-3,7-8,14H2,(H,16,18). The van der Waals surface area contributed by atoms with Crippen LogP contribution >= 0.6 is 0 Å². The van der Waals surface area contributed by atoms with Crippen molar-refractivity contribution in [2.45, 2.75) is 44.4 Å². The van der Waals surface area contributed by atoms with Crippen molar-refractivity contribution in [3.05, 3.63) is 29.6 Å². The molecule has 1 saturated carbocycles. The molecule has 18 heavy (non-hydrogen) atoms. The molecule has 0 radical (unpaired) electrons. The molecule has 0 saturated heterocycles. The predicted molar refractivity (Wildman–Crippen MR) is 67.9 cm³/mol. The van der Waals surface area contributed by atoms with Gasteiger partial charge in [-0.1, -0.05) is 0 Å². The fraction of sp³-hybridized carbons (Fsp3) is 0.538. The Labute approximate surface area is 106 Å². The highest BCUT2D eigenvalue weighted by molar-refractivity contribution is 5.94. The van der Waals surface area contributed by atoms with Crippen molar-refractivity contribution in [3.8, 4) is 0 Å². The molecule has 2 unspecified atom stereocenters. The van der Waals surface area contributed by atoms with Gasteiger partial charge in [0.15, 0.2) is 0 Å². The molecule has 4 N–H and O–H groups in total. The second kappa shape index (κ2) is 5.93. The van der Waals surface area contributed by atoms with Crippen molar-refractivity contribution < 1.29 is 9.90 Å². The average Bonchev–Trinajstić information content (AvgIpc) is 2.39. The lowest BCUT2D eigenvalue weighted by Gasteiger charge is -2.26. The van der Waals surface area contributed by atoms with Crippen LogP contribution in [0.1, 0.15) is 41.7 Å². The first kappa shape index (κ1) is 13.0. The SMILES string of the molecule is NCc1cc(C(=O)NC2CCCC(O)C2)ccn1. The Hall–Kier alpha value is -1.46. The Morgan fingerprint density at radius 1 is 1.56 bits per heavy atom. The lowest BCUT2D eigenvalue weighted by molar-refractivity contribution is 0.0849. The first-order valence-electron chi connectivity index (χ1n) is 6.33. The van der Waals surface area contributed by atoms with Gasteiger partial charge in [0, 0.05) is 24.3 Å². The molecular formula is C13H19N3O2. The number of nitrogens with zero attached hydrogens (tertiary/aromatic N) is 1. The lowest BCUT2D eigenvalue weighted by Crippen LogP contribution is -2.39. The maximum Gasteiger partial charge on any atom is 0.251 e. The van der Waals surface area contributed by atoms with E-state index in [1.807, 2.05) is 0 Å². The number of carbonyl (C=O) groups is 1. The van der Waals surface area contributed by atoms with Gasteiger partial charge in [-0.05, 0) is 37.8 Å². The molecular weight excluding hydrogens is 230 g/mol. The van der Waals surface area contributed by atoms with Crippen LogP contribution in [0.15, 0.2) is 18.3 Å². The normalized spacial score (nSPS) is 23.7. The summed E-state index contributed by atoms with van der Waals surface area (Å²) in [7, 11) is 0. The summed E-state index contributed by atoms with van der Waals surface area (Å²) < 4.78 is 0. The van der Waals surface area contributed by atoms with E-state index in [1.165, 1.54) is 0 Å². The molecule has 1 fully saturated rings. The summed E-state index contributed by atoms with van der Waals surface area (Å²) in [5.74, 6) is -0.119. The molecule has 98 valence electrons. The number of nitrogens with one attached hydrogen (secondary N) is 1. The maximum atomic E-state index is 12.0. The van der Waals surface area contributed by atoms with Gasteiger partial charge in [0.1, 0.15) is 0 Å². The average molecular weight is 249 g/mol. The van der Waals surface area contributed by atoms with E-state index >= 15 is 0 Å². The molecule has 2 atom stereocenters. The van der Waals surface area contributed by atoms with E-state index < -0.39 is 0 Å². The van der Waals surface area contributed by atoms with E-state index in [0.717, 1.165) is 19.3 Å². The van der Waals surface area contributed by atoms with Crippen LogP contribution in [-0.4, -0.2) is 28.1 Å². The van der Waals surface area contributed by atoms with Crippen LogP contribution in [0.5, 0.6) is 0 Å². The molecule has 1 aromatic heterocycles. The van der Waals surface area contributed by atoms with Crippen LogP contribution in [0.25, 0.3) is 0 Å². The summed E-state index contributed by atoms with van der Waals surface area (Å²) in [5.41, 5.74) is 6.77. The zero-order valence-electron chi connectivity index (χ0n) is 10.3. The largest absolute Gasteiger partial charge is 0.393 e. The molecule has 1 aliphatic rings. The third-order valence-corrected chi connectivity index (χ3v) is 3.27. The zero-order chi connectivity index (χ0) is 13.0. The van der Waals surface area contributed by atoms with Gasteiger partial charge < -0.3 is 16.2 Å². The van der Waals surface area contributed by atoms with Gasteiger partial charge in [-0.25, -0.2) is 0 Å². The van der Waals surface area contributed by atoms with Gasteiger partial charge in [-0.2, -0.15) is 0 Å². The number of rotatable bonds is 3. The zero-order valence-corrected chi connectivity index (χ0v) is 10.3. The number of aliphatic hydroxyl groups excluding tert-OH is 1. The second-order valence-corrected chi connectivity index (χ2v) is 4.73. The van der Waals surface area contributed by atoms with Gasteiger partial charge >= 0.3 is 0 Å². The number of aliphatic hydroxyl groups is 1. The lowest BCUT2D eigenvalue weighted by atomic mass is 9.93. The van der Waals surface area contributed by atoms with Crippen LogP contribution in [-0.2, 0) is 6.54 Å². The van der Waals surface area contributed by atoms with Crippen molar-refractivity contribution >= 4 is 5.91 Å². The summed E-state index contributed by atoms with van der Waals surface area (Å²) >= 11 is 0. The molecule has 1 aliphatic carbocycles. The molecule has 0 spiro atoms. The Bertz CT molecular complexity index is 422. The quantitative estimate of drug-likeness (QED) is 0.731. The smallest absolute Gasteiger partial charge is 0.251 e. The van der Waals surface area contributed by atoms with E-state index in [4.69, 9.17) is 5.73 Å². The number of amides is 1. The van der Waals surface area contributed by atoms with Crippen LogP contribution < -0.4 is 11.1 Å². The van der Waals surface area contributed by atoms with Crippen molar-refractivity contribution in [1.29, 1.82) is 0 Å². The minimum absolute atomic E-state index is 0.0655.